The summed E-state index contributed by atoms with van der Waals surface area (Å²) in [5.74, 6) is 0.0838. The number of anilines is 1. The van der Waals surface area contributed by atoms with E-state index in [0.717, 1.165) is 22.0 Å². The van der Waals surface area contributed by atoms with E-state index in [0.29, 0.717) is 11.4 Å². The Morgan fingerprint density at radius 1 is 0.920 bits per heavy atom. The number of aromatic nitrogens is 5. The third-order valence-electron chi connectivity index (χ3n) is 3.76. The molecule has 4 rings (SSSR count). The number of nitrogen functional groups attached to an aromatic ring is 1. The fraction of sp³-hybridized carbons (Fsp3) is 0. The van der Waals surface area contributed by atoms with Crippen molar-refractivity contribution < 1.29 is 0 Å². The van der Waals surface area contributed by atoms with Crippen LogP contribution in [0.3, 0.4) is 0 Å². The van der Waals surface area contributed by atoms with E-state index in [1.165, 1.54) is 0 Å². The first-order valence-electron chi connectivity index (χ1n) is 7.46. The summed E-state index contributed by atoms with van der Waals surface area (Å²) in [4.78, 5) is 13.1. The van der Waals surface area contributed by atoms with E-state index < -0.39 is 0 Å². The molecule has 0 saturated heterocycles. The first kappa shape index (κ1) is 14.7. The van der Waals surface area contributed by atoms with E-state index in [1.54, 1.807) is 24.7 Å². The van der Waals surface area contributed by atoms with Crippen molar-refractivity contribution in [2.75, 3.05) is 5.73 Å². The van der Waals surface area contributed by atoms with E-state index in [2.05, 4.69) is 25.1 Å². The molecule has 0 aliphatic rings. The van der Waals surface area contributed by atoms with Crippen LogP contribution >= 0.6 is 0 Å². The summed E-state index contributed by atoms with van der Waals surface area (Å²) in [6.45, 7) is 0. The normalized spacial score (nSPS) is 10.5. The van der Waals surface area contributed by atoms with Gasteiger partial charge in [-0.15, -0.1) is 0 Å². The van der Waals surface area contributed by atoms with Crippen molar-refractivity contribution in [3.05, 3.63) is 60.7 Å². The number of hydrogen-bond acceptors (Lipinski definition) is 7. The zero-order chi connectivity index (χ0) is 17.2. The molecule has 0 spiro atoms. The Balaban J connectivity index is 2.00. The Morgan fingerprint density at radius 3 is 2.60 bits per heavy atom. The summed E-state index contributed by atoms with van der Waals surface area (Å²) >= 11 is 0. The second-order valence-corrected chi connectivity index (χ2v) is 5.31. The van der Waals surface area contributed by atoms with Crippen LogP contribution in [0.4, 0.5) is 5.82 Å². The van der Waals surface area contributed by atoms with Gasteiger partial charge in [0, 0.05) is 22.7 Å². The van der Waals surface area contributed by atoms with Crippen LogP contribution in [0.2, 0.25) is 0 Å². The van der Waals surface area contributed by atoms with Crippen LogP contribution in [0.1, 0.15) is 5.69 Å². The zero-order valence-electron chi connectivity index (χ0n) is 13.0. The third-order valence-corrected chi connectivity index (χ3v) is 3.76. The molecule has 0 saturated carbocycles. The van der Waals surface area contributed by atoms with E-state index in [1.807, 2.05) is 36.4 Å². The predicted molar refractivity (Wildman–Crippen MR) is 92.9 cm³/mol. The lowest BCUT2D eigenvalue weighted by Gasteiger charge is -2.10. The van der Waals surface area contributed by atoms with Crippen molar-refractivity contribution in [3.63, 3.8) is 0 Å². The molecule has 4 aromatic rings. The summed E-state index contributed by atoms with van der Waals surface area (Å²) in [7, 11) is 0. The van der Waals surface area contributed by atoms with Gasteiger partial charge in [-0.25, -0.2) is 9.97 Å². The molecule has 0 aliphatic heterocycles. The highest BCUT2D eigenvalue weighted by Crippen LogP contribution is 2.31. The minimum Gasteiger partial charge on any atom is -0.381 e. The van der Waals surface area contributed by atoms with Gasteiger partial charge in [-0.05, 0) is 24.3 Å². The third kappa shape index (κ3) is 2.62. The van der Waals surface area contributed by atoms with Gasteiger partial charge in [-0.3, -0.25) is 4.98 Å². The van der Waals surface area contributed by atoms with Crippen LogP contribution in [0.25, 0.3) is 33.4 Å². The smallest absolute Gasteiger partial charge is 0.183 e. The molecule has 25 heavy (non-hydrogen) atoms. The van der Waals surface area contributed by atoms with Crippen LogP contribution in [-0.2, 0) is 0 Å². The first-order chi connectivity index (χ1) is 12.3. The molecule has 0 unspecified atom stereocenters. The Kier molecular flexibility index (Phi) is 3.48. The summed E-state index contributed by atoms with van der Waals surface area (Å²) in [5, 5.41) is 17.9. The molecule has 3 heterocycles. The van der Waals surface area contributed by atoms with Crippen LogP contribution < -0.4 is 5.73 Å². The minimum atomic E-state index is 0.0838. The maximum Gasteiger partial charge on any atom is 0.183 e. The fourth-order valence-corrected chi connectivity index (χ4v) is 2.59. The van der Waals surface area contributed by atoms with E-state index >= 15 is 0 Å². The average molecular weight is 325 g/mol. The van der Waals surface area contributed by atoms with Crippen molar-refractivity contribution in [1.82, 2.24) is 25.1 Å². The van der Waals surface area contributed by atoms with Gasteiger partial charge in [-0.1, -0.05) is 12.1 Å². The average Bonchev–Trinajstić information content (AvgIpc) is 2.68. The minimum absolute atomic E-state index is 0.0838. The highest BCUT2D eigenvalue weighted by Gasteiger charge is 2.16. The van der Waals surface area contributed by atoms with Crippen LogP contribution in [0.15, 0.2) is 55.0 Å². The lowest BCUT2D eigenvalue weighted by molar-refractivity contribution is 1.03. The summed E-state index contributed by atoms with van der Waals surface area (Å²) in [6, 6.07) is 13.4. The number of hydrogen-bond donors (Lipinski definition) is 1. The molecule has 7 heteroatoms. The van der Waals surface area contributed by atoms with Gasteiger partial charge in [0.05, 0.1) is 23.6 Å². The Bertz CT molecular complexity index is 1120. The molecule has 7 nitrogen and oxygen atoms in total. The molecule has 0 amide bonds. The summed E-state index contributed by atoms with van der Waals surface area (Å²) < 4.78 is 0. The standard InChI is InChI=1S/C18H11N7/c19-9-15-18(20)25-17(13-5-7-22-23-10-13)16(24-15)12-3-4-14-11(8-12)2-1-6-21-14/h1-8,10H,(H2,20,25). The SMILES string of the molecule is N#Cc1nc(-c2ccc3ncccc3c2)c(-c2ccnnc2)nc1N. The number of benzene rings is 1. The van der Waals surface area contributed by atoms with Gasteiger partial charge < -0.3 is 5.73 Å². The number of nitrogens with two attached hydrogens (primary N) is 1. The lowest BCUT2D eigenvalue weighted by Crippen LogP contribution is -2.03. The molecule has 3 aromatic heterocycles. The molecular weight excluding hydrogens is 314 g/mol. The van der Waals surface area contributed by atoms with Crippen molar-refractivity contribution in [1.29, 1.82) is 5.26 Å². The van der Waals surface area contributed by atoms with Gasteiger partial charge in [0.15, 0.2) is 11.5 Å². The van der Waals surface area contributed by atoms with E-state index in [9.17, 15) is 5.26 Å². The van der Waals surface area contributed by atoms with Crippen LogP contribution in [0.5, 0.6) is 0 Å². The number of nitrogens with zero attached hydrogens (tertiary/aromatic N) is 6. The zero-order valence-corrected chi connectivity index (χ0v) is 13.0. The van der Waals surface area contributed by atoms with Crippen molar-refractivity contribution in [2.45, 2.75) is 0 Å². The van der Waals surface area contributed by atoms with Crippen molar-refractivity contribution in [2.24, 2.45) is 0 Å². The van der Waals surface area contributed by atoms with Crippen LogP contribution in [-0.4, -0.2) is 25.1 Å². The molecule has 0 atom stereocenters. The van der Waals surface area contributed by atoms with Crippen LogP contribution in [0, 0.1) is 11.3 Å². The molecule has 0 bridgehead atoms. The number of rotatable bonds is 2. The highest BCUT2D eigenvalue weighted by atomic mass is 15.1. The molecular formula is C18H11N7. The molecule has 0 fully saturated rings. The summed E-state index contributed by atoms with van der Waals surface area (Å²) in [6.07, 6.45) is 4.90. The largest absolute Gasteiger partial charge is 0.381 e. The van der Waals surface area contributed by atoms with Gasteiger partial charge in [-0.2, -0.15) is 15.5 Å². The second kappa shape index (κ2) is 5.94. The molecule has 2 N–H and O–H groups in total. The van der Waals surface area contributed by atoms with Gasteiger partial charge in [0.2, 0.25) is 0 Å². The molecule has 118 valence electrons. The van der Waals surface area contributed by atoms with E-state index in [4.69, 9.17) is 5.73 Å². The molecule has 0 radical (unpaired) electrons. The topological polar surface area (TPSA) is 114 Å². The maximum atomic E-state index is 9.26. The second-order valence-electron chi connectivity index (χ2n) is 5.31. The quantitative estimate of drug-likeness (QED) is 0.602. The Morgan fingerprint density at radius 2 is 1.80 bits per heavy atom. The predicted octanol–water partition coefficient (Wildman–Crippen LogP) is 2.60. The molecule has 0 aliphatic carbocycles. The van der Waals surface area contributed by atoms with Crippen molar-refractivity contribution in [3.8, 4) is 28.6 Å². The monoisotopic (exact) mass is 325 g/mol. The number of nitriles is 1. The maximum absolute atomic E-state index is 9.26. The van der Waals surface area contributed by atoms with Gasteiger partial charge >= 0.3 is 0 Å². The Labute approximate surface area is 142 Å². The van der Waals surface area contributed by atoms with Crippen molar-refractivity contribution >= 4 is 16.7 Å². The fourth-order valence-electron chi connectivity index (χ4n) is 2.59. The molecule has 1 aromatic carbocycles. The van der Waals surface area contributed by atoms with E-state index in [-0.39, 0.29) is 11.5 Å². The lowest BCUT2D eigenvalue weighted by atomic mass is 10.0. The summed E-state index contributed by atoms with van der Waals surface area (Å²) in [5.41, 5.74) is 9.48. The van der Waals surface area contributed by atoms with Gasteiger partial charge in [0.25, 0.3) is 0 Å². The number of fused-ring (bicyclic) bond motifs is 1. The Hall–Kier alpha value is -3.92. The highest BCUT2D eigenvalue weighted by molar-refractivity contribution is 5.87. The first-order valence-corrected chi connectivity index (χ1v) is 7.46. The number of pyridine rings is 1. The van der Waals surface area contributed by atoms with Gasteiger partial charge in [0.1, 0.15) is 11.8 Å².